The SMILES string of the molecule is O=C(CNCc1cccs1)Nc1c(Cl)cccc1Cl. The first-order valence-electron chi connectivity index (χ1n) is 5.64. The molecule has 2 aromatic rings. The van der Waals surface area contributed by atoms with Crippen molar-refractivity contribution in [3.63, 3.8) is 0 Å². The van der Waals surface area contributed by atoms with E-state index in [1.54, 1.807) is 29.5 Å². The number of thiophene rings is 1. The van der Waals surface area contributed by atoms with Crippen LogP contribution in [-0.2, 0) is 11.3 Å². The van der Waals surface area contributed by atoms with Crippen molar-refractivity contribution in [3.8, 4) is 0 Å². The standard InChI is InChI=1S/C13H12Cl2N2OS/c14-10-4-1-5-11(15)13(10)17-12(18)8-16-7-9-3-2-6-19-9/h1-6,16H,7-8H2,(H,17,18). The molecule has 0 aliphatic heterocycles. The van der Waals surface area contributed by atoms with E-state index >= 15 is 0 Å². The number of halogens is 2. The van der Waals surface area contributed by atoms with Crippen LogP contribution in [0, 0.1) is 0 Å². The lowest BCUT2D eigenvalue weighted by molar-refractivity contribution is -0.115. The highest BCUT2D eigenvalue weighted by Crippen LogP contribution is 2.29. The van der Waals surface area contributed by atoms with Crippen LogP contribution in [0.2, 0.25) is 10.0 Å². The summed E-state index contributed by atoms with van der Waals surface area (Å²) in [5.41, 5.74) is 0.453. The largest absolute Gasteiger partial charge is 0.322 e. The first-order chi connectivity index (χ1) is 9.16. The molecule has 1 aromatic carbocycles. The Kier molecular flexibility index (Phi) is 5.22. The van der Waals surface area contributed by atoms with Crippen molar-refractivity contribution in [2.75, 3.05) is 11.9 Å². The van der Waals surface area contributed by atoms with Gasteiger partial charge in [0.25, 0.3) is 0 Å². The summed E-state index contributed by atoms with van der Waals surface area (Å²) in [6.07, 6.45) is 0. The molecule has 3 nitrogen and oxygen atoms in total. The molecule has 1 aromatic heterocycles. The van der Waals surface area contributed by atoms with Crippen LogP contribution in [0.4, 0.5) is 5.69 Å². The molecule has 19 heavy (non-hydrogen) atoms. The van der Waals surface area contributed by atoms with Crippen molar-refractivity contribution in [3.05, 3.63) is 50.6 Å². The maximum Gasteiger partial charge on any atom is 0.238 e. The number of carbonyl (C=O) groups excluding carboxylic acids is 1. The summed E-state index contributed by atoms with van der Waals surface area (Å²) in [5.74, 6) is -0.174. The molecular weight excluding hydrogens is 303 g/mol. The van der Waals surface area contributed by atoms with Crippen molar-refractivity contribution in [1.82, 2.24) is 5.32 Å². The zero-order chi connectivity index (χ0) is 13.7. The zero-order valence-corrected chi connectivity index (χ0v) is 12.3. The van der Waals surface area contributed by atoms with Gasteiger partial charge in [-0.3, -0.25) is 4.79 Å². The van der Waals surface area contributed by atoms with Gasteiger partial charge in [-0.1, -0.05) is 35.3 Å². The molecule has 1 amide bonds. The lowest BCUT2D eigenvalue weighted by Gasteiger charge is -2.09. The van der Waals surface area contributed by atoms with E-state index in [1.165, 1.54) is 4.88 Å². The summed E-state index contributed by atoms with van der Waals surface area (Å²) in [6, 6.07) is 9.09. The smallest absolute Gasteiger partial charge is 0.238 e. The van der Waals surface area contributed by atoms with Gasteiger partial charge < -0.3 is 10.6 Å². The zero-order valence-electron chi connectivity index (χ0n) is 9.95. The van der Waals surface area contributed by atoms with E-state index in [-0.39, 0.29) is 12.5 Å². The number of nitrogens with one attached hydrogen (secondary N) is 2. The van der Waals surface area contributed by atoms with Crippen molar-refractivity contribution >= 4 is 46.1 Å². The molecule has 6 heteroatoms. The van der Waals surface area contributed by atoms with Crippen LogP contribution in [0.15, 0.2) is 35.7 Å². The van der Waals surface area contributed by atoms with Crippen LogP contribution in [0.25, 0.3) is 0 Å². The van der Waals surface area contributed by atoms with Crippen LogP contribution >= 0.6 is 34.5 Å². The highest BCUT2D eigenvalue weighted by atomic mass is 35.5. The number of rotatable bonds is 5. The van der Waals surface area contributed by atoms with Gasteiger partial charge in [-0.25, -0.2) is 0 Å². The number of hydrogen-bond acceptors (Lipinski definition) is 3. The van der Waals surface area contributed by atoms with Crippen molar-refractivity contribution in [2.45, 2.75) is 6.54 Å². The molecule has 0 radical (unpaired) electrons. The third-order valence-corrected chi connectivity index (χ3v) is 3.90. The molecule has 100 valence electrons. The molecule has 1 heterocycles. The molecule has 0 bridgehead atoms. The number of hydrogen-bond donors (Lipinski definition) is 2. The average molecular weight is 315 g/mol. The molecule has 2 N–H and O–H groups in total. The minimum Gasteiger partial charge on any atom is -0.322 e. The Morgan fingerprint density at radius 3 is 2.53 bits per heavy atom. The number of amides is 1. The lowest BCUT2D eigenvalue weighted by Crippen LogP contribution is -2.27. The second-order valence-electron chi connectivity index (χ2n) is 3.83. The van der Waals surface area contributed by atoms with Crippen LogP contribution in [0.5, 0.6) is 0 Å². The van der Waals surface area contributed by atoms with Gasteiger partial charge in [-0.2, -0.15) is 0 Å². The van der Waals surface area contributed by atoms with E-state index in [0.29, 0.717) is 22.3 Å². The van der Waals surface area contributed by atoms with Crippen molar-refractivity contribution in [2.24, 2.45) is 0 Å². The molecule has 0 saturated carbocycles. The second kappa shape index (κ2) is 6.91. The van der Waals surface area contributed by atoms with E-state index in [1.807, 2.05) is 17.5 Å². The maximum atomic E-state index is 11.8. The first-order valence-corrected chi connectivity index (χ1v) is 7.27. The van der Waals surface area contributed by atoms with E-state index in [2.05, 4.69) is 10.6 Å². The predicted octanol–water partition coefficient (Wildman–Crippen LogP) is 3.78. The minimum atomic E-state index is -0.174. The summed E-state index contributed by atoms with van der Waals surface area (Å²) in [5, 5.41) is 8.62. The number of para-hydroxylation sites is 1. The van der Waals surface area contributed by atoms with Gasteiger partial charge >= 0.3 is 0 Å². The molecule has 0 atom stereocenters. The van der Waals surface area contributed by atoms with Crippen LogP contribution in [0.3, 0.4) is 0 Å². The fourth-order valence-corrected chi connectivity index (χ4v) is 2.68. The Bertz CT molecular complexity index is 538. The maximum absolute atomic E-state index is 11.8. The van der Waals surface area contributed by atoms with Crippen LogP contribution in [0.1, 0.15) is 4.88 Å². The number of anilines is 1. The minimum absolute atomic E-state index is 0.174. The van der Waals surface area contributed by atoms with E-state index in [4.69, 9.17) is 23.2 Å². The summed E-state index contributed by atoms with van der Waals surface area (Å²) >= 11 is 13.6. The van der Waals surface area contributed by atoms with E-state index in [0.717, 1.165) is 0 Å². The average Bonchev–Trinajstić information content (AvgIpc) is 2.87. The molecule has 0 unspecified atom stereocenters. The van der Waals surface area contributed by atoms with Crippen molar-refractivity contribution < 1.29 is 4.79 Å². The monoisotopic (exact) mass is 314 g/mol. The van der Waals surface area contributed by atoms with Crippen molar-refractivity contribution in [1.29, 1.82) is 0 Å². The van der Waals surface area contributed by atoms with E-state index < -0.39 is 0 Å². The Morgan fingerprint density at radius 2 is 1.89 bits per heavy atom. The van der Waals surface area contributed by atoms with Crippen LogP contribution in [-0.4, -0.2) is 12.5 Å². The molecule has 0 spiro atoms. The van der Waals surface area contributed by atoms with E-state index in [9.17, 15) is 4.79 Å². The molecule has 0 fully saturated rings. The quantitative estimate of drug-likeness (QED) is 0.881. The Balaban J connectivity index is 1.84. The fourth-order valence-electron chi connectivity index (χ4n) is 1.51. The molecule has 0 aliphatic carbocycles. The highest BCUT2D eigenvalue weighted by Gasteiger charge is 2.09. The van der Waals surface area contributed by atoms with Crippen LogP contribution < -0.4 is 10.6 Å². The first kappa shape index (κ1) is 14.3. The lowest BCUT2D eigenvalue weighted by atomic mass is 10.3. The van der Waals surface area contributed by atoms with Gasteiger partial charge in [0.05, 0.1) is 22.3 Å². The molecule has 2 rings (SSSR count). The summed E-state index contributed by atoms with van der Waals surface area (Å²) in [7, 11) is 0. The summed E-state index contributed by atoms with van der Waals surface area (Å²) < 4.78 is 0. The van der Waals surface area contributed by atoms with Gasteiger partial charge in [0.1, 0.15) is 0 Å². The molecular formula is C13H12Cl2N2OS. The second-order valence-corrected chi connectivity index (χ2v) is 5.67. The summed E-state index contributed by atoms with van der Waals surface area (Å²) in [6.45, 7) is 0.876. The third kappa shape index (κ3) is 4.21. The molecule has 0 aliphatic rings. The third-order valence-electron chi connectivity index (χ3n) is 2.39. The van der Waals surface area contributed by atoms with Gasteiger partial charge in [-0.15, -0.1) is 11.3 Å². The Labute approximate surface area is 125 Å². The Morgan fingerprint density at radius 1 is 1.16 bits per heavy atom. The number of benzene rings is 1. The Hall–Kier alpha value is -1.07. The van der Waals surface area contributed by atoms with Gasteiger partial charge in [0, 0.05) is 11.4 Å². The van der Waals surface area contributed by atoms with Gasteiger partial charge in [0.2, 0.25) is 5.91 Å². The highest BCUT2D eigenvalue weighted by molar-refractivity contribution is 7.09. The predicted molar refractivity (Wildman–Crippen MR) is 81.1 cm³/mol. The van der Waals surface area contributed by atoms with Gasteiger partial charge in [0.15, 0.2) is 0 Å². The summed E-state index contributed by atoms with van der Waals surface area (Å²) in [4.78, 5) is 12.9. The van der Waals surface area contributed by atoms with Gasteiger partial charge in [-0.05, 0) is 23.6 Å². The fraction of sp³-hybridized carbons (Fsp3) is 0.154. The molecule has 0 saturated heterocycles. The number of carbonyl (C=O) groups is 1. The normalized spacial score (nSPS) is 10.4. The topological polar surface area (TPSA) is 41.1 Å².